The highest BCUT2D eigenvalue weighted by Crippen LogP contribution is 2.52. The van der Waals surface area contributed by atoms with Crippen molar-refractivity contribution in [2.45, 2.75) is 0 Å². The molecule has 0 spiro atoms. The van der Waals surface area contributed by atoms with Crippen molar-refractivity contribution in [2.24, 2.45) is 0 Å². The van der Waals surface area contributed by atoms with Gasteiger partial charge in [0.15, 0.2) is 17.5 Å². The number of rotatable bonds is 8. The number of aromatic nitrogens is 3. The molecule has 11 aromatic rings. The maximum atomic E-state index is 10.7. The van der Waals surface area contributed by atoms with Crippen LogP contribution in [-0.4, -0.2) is 15.0 Å². The first-order valence-corrected chi connectivity index (χ1v) is 22.1. The molecule has 306 valence electrons. The Morgan fingerprint density at radius 2 is 0.652 bits per heavy atom. The van der Waals surface area contributed by atoms with Crippen LogP contribution in [0.25, 0.3) is 123 Å². The van der Waals surface area contributed by atoms with E-state index < -0.39 is 0 Å². The molecular formula is C62H38N4. The van der Waals surface area contributed by atoms with Gasteiger partial charge in [-0.1, -0.05) is 218 Å². The minimum absolute atomic E-state index is 0.607. The zero-order valence-electron chi connectivity index (χ0n) is 35.7. The molecule has 0 fully saturated rings. The molecule has 10 aromatic carbocycles. The Balaban J connectivity index is 0.857. The highest BCUT2D eigenvalue weighted by atomic mass is 15.0. The van der Waals surface area contributed by atoms with Crippen molar-refractivity contribution >= 4 is 10.8 Å². The lowest BCUT2D eigenvalue weighted by atomic mass is 9.86. The summed E-state index contributed by atoms with van der Waals surface area (Å²) in [7, 11) is 0. The van der Waals surface area contributed by atoms with Crippen LogP contribution in [0.1, 0.15) is 5.56 Å². The first-order chi connectivity index (χ1) is 32.7. The molecule has 1 aliphatic rings. The van der Waals surface area contributed by atoms with Crippen LogP contribution < -0.4 is 0 Å². The number of benzene rings is 10. The number of nitrogens with zero attached hydrogens (tertiary/aromatic N) is 4. The Morgan fingerprint density at radius 3 is 1.27 bits per heavy atom. The molecule has 66 heavy (non-hydrogen) atoms. The summed E-state index contributed by atoms with van der Waals surface area (Å²) < 4.78 is 0. The van der Waals surface area contributed by atoms with Gasteiger partial charge in [-0.3, -0.25) is 0 Å². The van der Waals surface area contributed by atoms with Crippen molar-refractivity contribution < 1.29 is 0 Å². The highest BCUT2D eigenvalue weighted by Gasteiger charge is 2.25. The van der Waals surface area contributed by atoms with E-state index in [9.17, 15) is 5.26 Å². The number of hydrogen-bond donors (Lipinski definition) is 0. The molecule has 4 heteroatoms. The summed E-state index contributed by atoms with van der Waals surface area (Å²) >= 11 is 0. The van der Waals surface area contributed by atoms with Crippen molar-refractivity contribution in [1.82, 2.24) is 15.0 Å². The fourth-order valence-electron chi connectivity index (χ4n) is 9.55. The molecule has 12 rings (SSSR count). The molecule has 0 radical (unpaired) electrons. The van der Waals surface area contributed by atoms with E-state index in [1.54, 1.807) is 0 Å². The van der Waals surface area contributed by atoms with Crippen LogP contribution in [0.2, 0.25) is 0 Å². The largest absolute Gasteiger partial charge is 0.208 e. The first-order valence-electron chi connectivity index (χ1n) is 22.1. The quantitative estimate of drug-likeness (QED) is 0.153. The lowest BCUT2D eigenvalue weighted by molar-refractivity contribution is 1.07. The van der Waals surface area contributed by atoms with Crippen molar-refractivity contribution in [3.05, 3.63) is 236 Å². The van der Waals surface area contributed by atoms with Crippen LogP contribution in [0.3, 0.4) is 0 Å². The molecule has 0 N–H and O–H groups in total. The molecule has 0 unspecified atom stereocenters. The van der Waals surface area contributed by atoms with Gasteiger partial charge in [-0.05, 0) is 95.2 Å². The first kappa shape index (κ1) is 38.6. The zero-order chi connectivity index (χ0) is 44.0. The Labute approximate surface area is 383 Å². The molecular weight excluding hydrogens is 801 g/mol. The van der Waals surface area contributed by atoms with Gasteiger partial charge in [-0.25, -0.2) is 15.0 Å². The van der Waals surface area contributed by atoms with Gasteiger partial charge in [-0.15, -0.1) is 0 Å². The standard InChI is InChI=1S/C62H38N4/c63-39-50-38-49(35-36-51(50)52-21-7-8-22-53(52)54-24-12-25-56-55-23-10-17-43-18-11-26-57(58(43)55)59(54)56)48-20-9-19-47(37-48)42-29-33-46(34-30-42)62-65-60(44-15-5-2-6-16-44)64-61(66-62)45-31-27-41(28-32-45)40-13-3-1-4-14-40/h1-38H. The van der Waals surface area contributed by atoms with Crippen molar-refractivity contribution in [3.63, 3.8) is 0 Å². The van der Waals surface area contributed by atoms with Gasteiger partial charge < -0.3 is 0 Å². The summed E-state index contributed by atoms with van der Waals surface area (Å²) in [5.74, 6) is 1.85. The normalized spacial score (nSPS) is 11.3. The number of fused-ring (bicyclic) bond motifs is 3. The van der Waals surface area contributed by atoms with E-state index in [2.05, 4.69) is 194 Å². The predicted molar refractivity (Wildman–Crippen MR) is 270 cm³/mol. The molecule has 0 bridgehead atoms. The van der Waals surface area contributed by atoms with E-state index in [1.165, 1.54) is 38.6 Å². The van der Waals surface area contributed by atoms with E-state index in [-0.39, 0.29) is 0 Å². The summed E-state index contributed by atoms with van der Waals surface area (Å²) in [5.41, 5.74) is 19.1. The average molecular weight is 839 g/mol. The topological polar surface area (TPSA) is 62.5 Å². The maximum Gasteiger partial charge on any atom is 0.164 e. The monoisotopic (exact) mass is 838 g/mol. The van der Waals surface area contributed by atoms with Gasteiger partial charge in [-0.2, -0.15) is 5.26 Å². The van der Waals surface area contributed by atoms with Gasteiger partial charge >= 0.3 is 0 Å². The predicted octanol–water partition coefficient (Wildman–Crippen LogP) is 15.9. The van der Waals surface area contributed by atoms with Crippen LogP contribution in [0.15, 0.2) is 231 Å². The summed E-state index contributed by atoms with van der Waals surface area (Å²) in [6, 6.07) is 82.7. The molecule has 1 aliphatic carbocycles. The zero-order valence-corrected chi connectivity index (χ0v) is 35.7. The minimum Gasteiger partial charge on any atom is -0.208 e. The smallest absolute Gasteiger partial charge is 0.164 e. The maximum absolute atomic E-state index is 10.7. The van der Waals surface area contributed by atoms with Crippen molar-refractivity contribution in [2.75, 3.05) is 0 Å². The molecule has 0 aliphatic heterocycles. The summed E-state index contributed by atoms with van der Waals surface area (Å²) in [5, 5.41) is 13.2. The summed E-state index contributed by atoms with van der Waals surface area (Å²) in [4.78, 5) is 14.9. The number of nitriles is 1. The molecule has 4 nitrogen and oxygen atoms in total. The molecule has 0 amide bonds. The van der Waals surface area contributed by atoms with E-state index >= 15 is 0 Å². The lowest BCUT2D eigenvalue weighted by Crippen LogP contribution is -2.00. The second kappa shape index (κ2) is 16.3. The Hall–Kier alpha value is -9.04. The average Bonchev–Trinajstić information content (AvgIpc) is 3.74. The van der Waals surface area contributed by atoms with E-state index in [0.29, 0.717) is 23.0 Å². The summed E-state index contributed by atoms with van der Waals surface area (Å²) in [6.07, 6.45) is 0. The van der Waals surface area contributed by atoms with E-state index in [0.717, 1.165) is 66.8 Å². The van der Waals surface area contributed by atoms with Gasteiger partial charge in [0, 0.05) is 22.3 Å². The Kier molecular flexibility index (Phi) is 9.51. The van der Waals surface area contributed by atoms with Crippen LogP contribution >= 0.6 is 0 Å². The second-order valence-electron chi connectivity index (χ2n) is 16.6. The molecule has 1 heterocycles. The summed E-state index contributed by atoms with van der Waals surface area (Å²) in [6.45, 7) is 0. The van der Waals surface area contributed by atoms with Crippen LogP contribution in [-0.2, 0) is 0 Å². The van der Waals surface area contributed by atoms with Gasteiger partial charge in [0.05, 0.1) is 11.6 Å². The van der Waals surface area contributed by atoms with Gasteiger partial charge in [0.25, 0.3) is 0 Å². The van der Waals surface area contributed by atoms with Crippen molar-refractivity contribution in [1.29, 1.82) is 5.26 Å². The van der Waals surface area contributed by atoms with Crippen LogP contribution in [0, 0.1) is 11.3 Å². The van der Waals surface area contributed by atoms with E-state index in [1.807, 2.05) is 42.5 Å². The third kappa shape index (κ3) is 6.84. The fourth-order valence-corrected chi connectivity index (χ4v) is 9.55. The Bertz CT molecular complexity index is 3680. The third-order valence-electron chi connectivity index (χ3n) is 12.8. The fraction of sp³-hybridized carbons (Fsp3) is 0. The lowest BCUT2D eigenvalue weighted by Gasteiger charge is -2.16. The molecule has 0 saturated heterocycles. The van der Waals surface area contributed by atoms with Crippen molar-refractivity contribution in [3.8, 4) is 118 Å². The second-order valence-corrected chi connectivity index (χ2v) is 16.6. The van der Waals surface area contributed by atoms with E-state index in [4.69, 9.17) is 15.0 Å². The molecule has 1 aromatic heterocycles. The van der Waals surface area contributed by atoms with Crippen LogP contribution in [0.5, 0.6) is 0 Å². The van der Waals surface area contributed by atoms with Gasteiger partial charge in [0.1, 0.15) is 0 Å². The van der Waals surface area contributed by atoms with Crippen LogP contribution in [0.4, 0.5) is 0 Å². The minimum atomic E-state index is 0.607. The molecule has 0 atom stereocenters. The van der Waals surface area contributed by atoms with Gasteiger partial charge in [0.2, 0.25) is 0 Å². The SMILES string of the molecule is N#Cc1cc(-c2cccc(-c3ccc(-c4nc(-c5ccccc5)nc(-c5ccc(-c6ccccc6)cc5)n4)cc3)c2)ccc1-c1ccccc1-c1cccc2c1-c1cccc3cccc-2c13. The third-order valence-corrected chi connectivity index (χ3v) is 12.8. The highest BCUT2D eigenvalue weighted by molar-refractivity contribution is 6.18. The molecule has 0 saturated carbocycles. The number of hydrogen-bond acceptors (Lipinski definition) is 4. The Morgan fingerprint density at radius 1 is 0.273 bits per heavy atom.